The summed E-state index contributed by atoms with van der Waals surface area (Å²) in [5.74, 6) is 0.677. The molecule has 8 nitrogen and oxygen atoms in total. The van der Waals surface area contributed by atoms with E-state index in [1.807, 2.05) is 6.07 Å². The lowest BCUT2D eigenvalue weighted by Crippen LogP contribution is -2.51. The van der Waals surface area contributed by atoms with Gasteiger partial charge in [0.15, 0.2) is 0 Å². The number of carbonyl (C=O) groups excluding carboxylic acids is 1. The Labute approximate surface area is 177 Å². The van der Waals surface area contributed by atoms with E-state index >= 15 is 0 Å². The number of aromatic nitrogens is 3. The number of halogens is 1. The van der Waals surface area contributed by atoms with Gasteiger partial charge in [0.25, 0.3) is 5.56 Å². The number of pyridine rings is 1. The molecule has 0 radical (unpaired) electrons. The van der Waals surface area contributed by atoms with E-state index in [4.69, 9.17) is 11.6 Å². The van der Waals surface area contributed by atoms with E-state index < -0.39 is 5.69 Å². The Bertz CT molecular complexity index is 1190. The van der Waals surface area contributed by atoms with Crippen molar-refractivity contribution in [3.05, 3.63) is 68.5 Å². The van der Waals surface area contributed by atoms with Gasteiger partial charge in [0.2, 0.25) is 5.91 Å². The molecule has 9 heteroatoms. The maximum Gasteiger partial charge on any atom is 0.331 e. The molecule has 1 fully saturated rings. The fourth-order valence-corrected chi connectivity index (χ4v) is 3.89. The van der Waals surface area contributed by atoms with Crippen LogP contribution in [0.15, 0.2) is 52.2 Å². The van der Waals surface area contributed by atoms with Gasteiger partial charge in [0.1, 0.15) is 12.4 Å². The van der Waals surface area contributed by atoms with Crippen molar-refractivity contribution in [3.63, 3.8) is 0 Å². The Hall–Kier alpha value is -3.13. The van der Waals surface area contributed by atoms with Crippen molar-refractivity contribution < 1.29 is 4.79 Å². The van der Waals surface area contributed by atoms with Gasteiger partial charge in [-0.2, -0.15) is 0 Å². The van der Waals surface area contributed by atoms with Gasteiger partial charge < -0.3 is 9.80 Å². The topological polar surface area (TPSA) is 80.4 Å². The molecule has 0 saturated carbocycles. The minimum atomic E-state index is -0.460. The first kappa shape index (κ1) is 20.2. The molecule has 0 N–H and O–H groups in total. The zero-order chi connectivity index (χ0) is 21.3. The lowest BCUT2D eigenvalue weighted by Gasteiger charge is -2.35. The first-order valence-electron chi connectivity index (χ1n) is 9.86. The molecule has 4 rings (SSSR count). The molecule has 2 aromatic heterocycles. The van der Waals surface area contributed by atoms with Gasteiger partial charge in [-0.3, -0.25) is 18.7 Å². The number of hydrogen-bond acceptors (Lipinski definition) is 5. The minimum Gasteiger partial charge on any atom is -0.353 e. The zero-order valence-electron chi connectivity index (χ0n) is 16.6. The van der Waals surface area contributed by atoms with Gasteiger partial charge >= 0.3 is 5.69 Å². The Morgan fingerprint density at radius 3 is 2.43 bits per heavy atom. The molecule has 1 aromatic carbocycles. The largest absolute Gasteiger partial charge is 0.353 e. The molecule has 0 bridgehead atoms. The predicted molar refractivity (Wildman–Crippen MR) is 116 cm³/mol. The molecule has 0 unspecified atom stereocenters. The molecule has 3 aromatic rings. The summed E-state index contributed by atoms with van der Waals surface area (Å²) >= 11 is 5.89. The quantitative estimate of drug-likeness (QED) is 0.631. The van der Waals surface area contributed by atoms with Crippen LogP contribution < -0.4 is 16.1 Å². The highest BCUT2D eigenvalue weighted by molar-refractivity contribution is 6.30. The second-order valence-electron chi connectivity index (χ2n) is 7.14. The maximum atomic E-state index is 13.0. The van der Waals surface area contributed by atoms with Gasteiger partial charge in [-0.1, -0.05) is 23.7 Å². The van der Waals surface area contributed by atoms with E-state index in [9.17, 15) is 14.4 Å². The molecule has 1 amide bonds. The van der Waals surface area contributed by atoms with E-state index in [1.54, 1.807) is 48.4 Å². The van der Waals surface area contributed by atoms with Crippen molar-refractivity contribution in [3.8, 4) is 0 Å². The van der Waals surface area contributed by atoms with Crippen LogP contribution in [0.25, 0.3) is 10.9 Å². The summed E-state index contributed by atoms with van der Waals surface area (Å²) in [6.07, 6.45) is 1.61. The minimum absolute atomic E-state index is 0.0984. The van der Waals surface area contributed by atoms with Crippen molar-refractivity contribution >= 4 is 34.2 Å². The lowest BCUT2D eigenvalue weighted by atomic mass is 10.2. The van der Waals surface area contributed by atoms with Crippen molar-refractivity contribution in [2.45, 2.75) is 20.0 Å². The lowest BCUT2D eigenvalue weighted by molar-refractivity contribution is -0.132. The summed E-state index contributed by atoms with van der Waals surface area (Å²) in [4.78, 5) is 46.5. The van der Waals surface area contributed by atoms with E-state index in [1.165, 1.54) is 9.13 Å². The average molecular weight is 428 g/mol. The number of anilines is 1. The van der Waals surface area contributed by atoms with Crippen molar-refractivity contribution in [1.29, 1.82) is 0 Å². The number of rotatable bonds is 4. The average Bonchev–Trinajstić information content (AvgIpc) is 2.77. The predicted octanol–water partition coefficient (Wildman–Crippen LogP) is 1.58. The van der Waals surface area contributed by atoms with E-state index in [0.29, 0.717) is 42.1 Å². The molecule has 30 heavy (non-hydrogen) atoms. The van der Waals surface area contributed by atoms with Gasteiger partial charge in [0, 0.05) is 38.9 Å². The Morgan fingerprint density at radius 1 is 1.03 bits per heavy atom. The zero-order valence-corrected chi connectivity index (χ0v) is 17.4. The molecule has 0 aliphatic carbocycles. The van der Waals surface area contributed by atoms with Gasteiger partial charge in [-0.05, 0) is 31.2 Å². The standard InChI is InChI=1S/C21H22ClN5O3/c1-2-26-20(29)16-5-3-4-6-17(16)27(21(26)30)14-19(28)25-11-9-24(10-12-25)18-8-7-15(22)13-23-18/h3-8,13H,2,9-12,14H2,1H3. The van der Waals surface area contributed by atoms with Gasteiger partial charge in [0.05, 0.1) is 15.9 Å². The molecule has 1 aliphatic heterocycles. The van der Waals surface area contributed by atoms with Gasteiger partial charge in [-0.25, -0.2) is 9.78 Å². The summed E-state index contributed by atoms with van der Waals surface area (Å²) in [7, 11) is 0. The van der Waals surface area contributed by atoms with Crippen LogP contribution in [0.2, 0.25) is 5.02 Å². The Kier molecular flexibility index (Phi) is 5.59. The third-order valence-electron chi connectivity index (χ3n) is 5.41. The van der Waals surface area contributed by atoms with Crippen molar-refractivity contribution in [1.82, 2.24) is 19.0 Å². The summed E-state index contributed by atoms with van der Waals surface area (Å²) in [6.45, 7) is 4.25. The van der Waals surface area contributed by atoms with Crippen LogP contribution in [0.1, 0.15) is 6.92 Å². The fourth-order valence-electron chi connectivity index (χ4n) is 3.78. The molecular weight excluding hydrogens is 406 g/mol. The van der Waals surface area contributed by atoms with Crippen LogP contribution in [0.4, 0.5) is 5.82 Å². The van der Waals surface area contributed by atoms with Crippen LogP contribution in [-0.4, -0.2) is 51.1 Å². The molecule has 1 saturated heterocycles. The Balaban J connectivity index is 1.54. The van der Waals surface area contributed by atoms with Crippen LogP contribution in [-0.2, 0) is 17.9 Å². The Morgan fingerprint density at radius 2 is 1.77 bits per heavy atom. The number of piperazine rings is 1. The first-order valence-corrected chi connectivity index (χ1v) is 10.2. The van der Waals surface area contributed by atoms with Crippen LogP contribution >= 0.6 is 11.6 Å². The third kappa shape index (κ3) is 3.70. The highest BCUT2D eigenvalue weighted by Crippen LogP contribution is 2.16. The smallest absolute Gasteiger partial charge is 0.331 e. The van der Waals surface area contributed by atoms with E-state index in [0.717, 1.165) is 5.82 Å². The monoisotopic (exact) mass is 427 g/mol. The van der Waals surface area contributed by atoms with Crippen molar-refractivity contribution in [2.24, 2.45) is 0 Å². The second-order valence-corrected chi connectivity index (χ2v) is 7.57. The number of para-hydroxylation sites is 1. The summed E-state index contributed by atoms with van der Waals surface area (Å²) < 4.78 is 2.56. The van der Waals surface area contributed by atoms with E-state index in [2.05, 4.69) is 9.88 Å². The molecular formula is C21H22ClN5O3. The van der Waals surface area contributed by atoms with Crippen molar-refractivity contribution in [2.75, 3.05) is 31.1 Å². The number of carbonyl (C=O) groups is 1. The molecule has 1 aliphatic rings. The summed E-state index contributed by atoms with van der Waals surface area (Å²) in [5, 5.41) is 1.02. The maximum absolute atomic E-state index is 13.0. The van der Waals surface area contributed by atoms with Gasteiger partial charge in [-0.15, -0.1) is 0 Å². The first-order chi connectivity index (χ1) is 14.5. The van der Waals surface area contributed by atoms with Crippen LogP contribution in [0.3, 0.4) is 0 Å². The highest BCUT2D eigenvalue weighted by atomic mass is 35.5. The van der Waals surface area contributed by atoms with E-state index in [-0.39, 0.29) is 24.6 Å². The number of amides is 1. The third-order valence-corrected chi connectivity index (χ3v) is 5.63. The SMILES string of the molecule is CCn1c(=O)c2ccccc2n(CC(=O)N2CCN(c3ccc(Cl)cn3)CC2)c1=O. The van der Waals surface area contributed by atoms with Crippen LogP contribution in [0, 0.1) is 0 Å². The number of hydrogen-bond donors (Lipinski definition) is 0. The fraction of sp³-hybridized carbons (Fsp3) is 0.333. The number of nitrogens with zero attached hydrogens (tertiary/aromatic N) is 5. The highest BCUT2D eigenvalue weighted by Gasteiger charge is 2.23. The normalized spacial score (nSPS) is 14.3. The number of fused-ring (bicyclic) bond motifs is 1. The molecule has 0 spiro atoms. The molecule has 156 valence electrons. The summed E-state index contributed by atoms with van der Waals surface area (Å²) in [5.41, 5.74) is -0.307. The molecule has 0 atom stereocenters. The number of benzene rings is 1. The van der Waals surface area contributed by atoms with Crippen LogP contribution in [0.5, 0.6) is 0 Å². The summed E-state index contributed by atoms with van der Waals surface area (Å²) in [6, 6.07) is 10.6. The second kappa shape index (κ2) is 8.31. The molecule has 3 heterocycles.